The van der Waals surface area contributed by atoms with Gasteiger partial charge in [-0.1, -0.05) is 36.4 Å². The monoisotopic (exact) mass is 478 g/mol. The van der Waals surface area contributed by atoms with Crippen LogP contribution in [0.4, 0.5) is 11.4 Å². The summed E-state index contributed by atoms with van der Waals surface area (Å²) in [7, 11) is -1.06. The van der Waals surface area contributed by atoms with Crippen molar-refractivity contribution in [2.24, 2.45) is 0 Å². The Hall–Kier alpha value is -4.24. The summed E-state index contributed by atoms with van der Waals surface area (Å²) < 4.78 is 38.9. The molecule has 1 amide bonds. The van der Waals surface area contributed by atoms with E-state index in [0.717, 1.165) is 5.39 Å². The maximum Gasteiger partial charge on any atom is 0.262 e. The van der Waals surface area contributed by atoms with Gasteiger partial charge in [-0.25, -0.2) is 8.42 Å². The van der Waals surface area contributed by atoms with Crippen LogP contribution in [-0.2, 0) is 10.0 Å². The average molecular weight is 479 g/mol. The molecule has 4 aromatic carbocycles. The number of fused-ring (bicyclic) bond motifs is 1. The Morgan fingerprint density at radius 1 is 0.794 bits per heavy atom. The van der Waals surface area contributed by atoms with Crippen molar-refractivity contribution in [2.75, 3.05) is 24.3 Å². The minimum atomic E-state index is -4.04. The predicted molar refractivity (Wildman–Crippen MR) is 130 cm³/mol. The number of phenols is 1. The summed E-state index contributed by atoms with van der Waals surface area (Å²) in [4.78, 5) is 12.9. The third-order valence-electron chi connectivity index (χ3n) is 5.23. The van der Waals surface area contributed by atoms with E-state index in [0.29, 0.717) is 22.4 Å². The van der Waals surface area contributed by atoms with E-state index in [-0.39, 0.29) is 22.0 Å². The Labute approximate surface area is 196 Å². The van der Waals surface area contributed by atoms with Crippen LogP contribution in [0.3, 0.4) is 0 Å². The molecule has 0 aliphatic rings. The maximum atomic E-state index is 13.1. The summed E-state index contributed by atoms with van der Waals surface area (Å²) in [5, 5.41) is 14.3. The van der Waals surface area contributed by atoms with Gasteiger partial charge >= 0.3 is 0 Å². The molecule has 0 aromatic heterocycles. The molecule has 0 aliphatic carbocycles. The number of hydrogen-bond acceptors (Lipinski definition) is 6. The van der Waals surface area contributed by atoms with Crippen LogP contribution >= 0.6 is 0 Å². The van der Waals surface area contributed by atoms with Gasteiger partial charge < -0.3 is 19.9 Å². The highest BCUT2D eigenvalue weighted by atomic mass is 32.2. The molecule has 174 valence electrons. The second kappa shape index (κ2) is 9.32. The normalized spacial score (nSPS) is 11.1. The lowest BCUT2D eigenvalue weighted by molar-refractivity contribution is 0.102. The molecule has 4 aromatic rings. The zero-order chi connectivity index (χ0) is 24.3. The average Bonchev–Trinajstić information content (AvgIpc) is 2.84. The van der Waals surface area contributed by atoms with Crippen LogP contribution in [0.25, 0.3) is 10.8 Å². The van der Waals surface area contributed by atoms with Crippen LogP contribution in [0.2, 0.25) is 0 Å². The highest BCUT2D eigenvalue weighted by molar-refractivity contribution is 7.92. The van der Waals surface area contributed by atoms with Gasteiger partial charge in [-0.05, 0) is 47.9 Å². The second-order valence-electron chi connectivity index (χ2n) is 7.30. The van der Waals surface area contributed by atoms with E-state index < -0.39 is 15.9 Å². The molecule has 0 radical (unpaired) electrons. The van der Waals surface area contributed by atoms with Gasteiger partial charge in [0.25, 0.3) is 15.9 Å². The molecule has 4 rings (SSSR count). The van der Waals surface area contributed by atoms with E-state index in [1.807, 2.05) is 12.1 Å². The van der Waals surface area contributed by atoms with Crippen LogP contribution in [-0.4, -0.2) is 33.7 Å². The van der Waals surface area contributed by atoms with Gasteiger partial charge in [0.1, 0.15) is 17.2 Å². The molecule has 0 saturated carbocycles. The Morgan fingerprint density at radius 2 is 1.47 bits per heavy atom. The first-order valence-corrected chi connectivity index (χ1v) is 11.7. The van der Waals surface area contributed by atoms with Gasteiger partial charge in [-0.3, -0.25) is 9.52 Å². The number of nitrogens with one attached hydrogen (secondary N) is 2. The van der Waals surface area contributed by atoms with Gasteiger partial charge in [-0.15, -0.1) is 0 Å². The molecule has 34 heavy (non-hydrogen) atoms. The number of methoxy groups -OCH3 is 2. The fraction of sp³-hybridized carbons (Fsp3) is 0.0800. The standard InChI is InChI=1S/C25H22N2O6S/c1-32-23-14-12-19(17-7-3-4-8-18(17)23)25(29)26-21-15-16(11-13-22(21)28)34(30,31)27-20-9-5-6-10-24(20)33-2/h3-15,27-28H,1-2H3,(H,26,29). The fourth-order valence-electron chi connectivity index (χ4n) is 3.55. The van der Waals surface area contributed by atoms with Crippen molar-refractivity contribution >= 4 is 38.1 Å². The van der Waals surface area contributed by atoms with Crippen LogP contribution in [0, 0.1) is 0 Å². The molecule has 0 saturated heterocycles. The maximum absolute atomic E-state index is 13.1. The summed E-state index contributed by atoms with van der Waals surface area (Å²) in [5.41, 5.74) is 0.553. The number of rotatable bonds is 7. The molecular formula is C25H22N2O6S. The molecule has 0 atom stereocenters. The zero-order valence-corrected chi connectivity index (χ0v) is 19.2. The van der Waals surface area contributed by atoms with Gasteiger partial charge in [0, 0.05) is 10.9 Å². The van der Waals surface area contributed by atoms with Crippen molar-refractivity contribution in [1.29, 1.82) is 0 Å². The largest absolute Gasteiger partial charge is 0.506 e. The van der Waals surface area contributed by atoms with E-state index in [2.05, 4.69) is 10.0 Å². The number of anilines is 2. The quantitative estimate of drug-likeness (QED) is 0.334. The number of para-hydroxylation sites is 2. The number of sulfonamides is 1. The van der Waals surface area contributed by atoms with Crippen LogP contribution in [0.5, 0.6) is 17.2 Å². The van der Waals surface area contributed by atoms with E-state index in [1.165, 1.54) is 25.3 Å². The van der Waals surface area contributed by atoms with Gasteiger partial charge in [0.2, 0.25) is 0 Å². The number of hydrogen-bond donors (Lipinski definition) is 3. The van der Waals surface area contributed by atoms with Crippen molar-refractivity contribution in [3.8, 4) is 17.2 Å². The number of carbonyl (C=O) groups excluding carboxylic acids is 1. The summed E-state index contributed by atoms with van der Waals surface area (Å²) in [6.07, 6.45) is 0. The minimum absolute atomic E-state index is 0.0483. The first-order chi connectivity index (χ1) is 16.3. The van der Waals surface area contributed by atoms with Crippen LogP contribution < -0.4 is 19.5 Å². The molecule has 0 spiro atoms. The molecular weight excluding hydrogens is 456 g/mol. The molecule has 0 bridgehead atoms. The van der Waals surface area contributed by atoms with Crippen LogP contribution in [0.1, 0.15) is 10.4 Å². The number of benzene rings is 4. The Bertz CT molecular complexity index is 1480. The Morgan fingerprint density at radius 3 is 2.21 bits per heavy atom. The van der Waals surface area contributed by atoms with Gasteiger partial charge in [-0.2, -0.15) is 0 Å². The summed E-state index contributed by atoms with van der Waals surface area (Å²) >= 11 is 0. The van der Waals surface area contributed by atoms with Gasteiger partial charge in [0.15, 0.2) is 0 Å². The molecule has 0 aliphatic heterocycles. The van der Waals surface area contributed by atoms with E-state index >= 15 is 0 Å². The minimum Gasteiger partial charge on any atom is -0.506 e. The van der Waals surface area contributed by atoms with Crippen molar-refractivity contribution in [2.45, 2.75) is 4.90 Å². The summed E-state index contributed by atoms with van der Waals surface area (Å²) in [6.45, 7) is 0. The van der Waals surface area contributed by atoms with E-state index in [4.69, 9.17) is 9.47 Å². The Kier molecular flexibility index (Phi) is 6.29. The SMILES string of the molecule is COc1ccccc1NS(=O)(=O)c1ccc(O)c(NC(=O)c2ccc(OC)c3ccccc23)c1. The molecule has 9 heteroatoms. The number of amides is 1. The summed E-state index contributed by atoms with van der Waals surface area (Å²) in [6, 6.07) is 20.7. The highest BCUT2D eigenvalue weighted by Gasteiger charge is 2.20. The molecule has 0 heterocycles. The first kappa shape index (κ1) is 22.9. The second-order valence-corrected chi connectivity index (χ2v) is 8.98. The third kappa shape index (κ3) is 4.46. The molecule has 0 unspecified atom stereocenters. The van der Waals surface area contributed by atoms with Crippen molar-refractivity contribution < 1.29 is 27.8 Å². The van der Waals surface area contributed by atoms with Crippen LogP contribution in [0.15, 0.2) is 83.8 Å². The molecule has 3 N–H and O–H groups in total. The molecule has 8 nitrogen and oxygen atoms in total. The van der Waals surface area contributed by atoms with Crippen molar-refractivity contribution in [1.82, 2.24) is 0 Å². The number of aromatic hydroxyl groups is 1. The lowest BCUT2D eigenvalue weighted by Crippen LogP contribution is -2.16. The number of ether oxygens (including phenoxy) is 2. The van der Waals surface area contributed by atoms with E-state index in [1.54, 1.807) is 55.6 Å². The van der Waals surface area contributed by atoms with E-state index in [9.17, 15) is 18.3 Å². The van der Waals surface area contributed by atoms with Crippen molar-refractivity contribution in [3.63, 3.8) is 0 Å². The highest BCUT2D eigenvalue weighted by Crippen LogP contribution is 2.32. The predicted octanol–water partition coefficient (Wildman–Crippen LogP) is 4.62. The van der Waals surface area contributed by atoms with Crippen molar-refractivity contribution in [3.05, 3.63) is 84.4 Å². The summed E-state index contributed by atoms with van der Waals surface area (Å²) in [5.74, 6) is 0.180. The lowest BCUT2D eigenvalue weighted by atomic mass is 10.0. The third-order valence-corrected chi connectivity index (χ3v) is 6.59. The fourth-order valence-corrected chi connectivity index (χ4v) is 4.65. The topological polar surface area (TPSA) is 114 Å². The van der Waals surface area contributed by atoms with Gasteiger partial charge in [0.05, 0.1) is 30.5 Å². The first-order valence-electron chi connectivity index (χ1n) is 10.2. The number of phenolic OH excluding ortho intramolecular Hbond substituents is 1. The lowest BCUT2D eigenvalue weighted by Gasteiger charge is -2.14. The zero-order valence-electron chi connectivity index (χ0n) is 18.4. The smallest absolute Gasteiger partial charge is 0.262 e. The Balaban J connectivity index is 1.66. The number of carbonyl (C=O) groups is 1. The molecule has 0 fully saturated rings.